The quantitative estimate of drug-likeness (QED) is 0.923. The first-order valence-corrected chi connectivity index (χ1v) is 6.09. The van der Waals surface area contributed by atoms with E-state index in [1.165, 1.54) is 6.07 Å². The van der Waals surface area contributed by atoms with E-state index < -0.39 is 0 Å². The molecule has 0 aliphatic carbocycles. The number of benzene rings is 1. The third-order valence-electron chi connectivity index (χ3n) is 2.84. The molecule has 5 heteroatoms. The largest absolute Gasteiger partial charge is 0.308 e. The molecular formula is C13H15ClFN3. The number of hydrogen-bond acceptors (Lipinski definition) is 2. The first kappa shape index (κ1) is 13.1. The van der Waals surface area contributed by atoms with Gasteiger partial charge in [-0.05, 0) is 13.0 Å². The molecule has 2 rings (SSSR count). The summed E-state index contributed by atoms with van der Waals surface area (Å²) in [6.45, 7) is 2.95. The molecule has 0 unspecified atom stereocenters. The topological polar surface area (TPSA) is 29.9 Å². The highest BCUT2D eigenvalue weighted by molar-refractivity contribution is 6.30. The molecule has 1 N–H and O–H groups in total. The van der Waals surface area contributed by atoms with Crippen molar-refractivity contribution in [3.05, 3.63) is 52.1 Å². The number of nitrogens with one attached hydrogen (secondary N) is 1. The van der Waals surface area contributed by atoms with Crippen LogP contribution in [0.4, 0.5) is 4.39 Å². The number of aryl methyl sites for hydroxylation is 2. The number of aromatic nitrogens is 2. The van der Waals surface area contributed by atoms with Gasteiger partial charge in [-0.3, -0.25) is 4.68 Å². The molecule has 0 amide bonds. The van der Waals surface area contributed by atoms with Gasteiger partial charge in [0.25, 0.3) is 0 Å². The second kappa shape index (κ2) is 5.50. The second-order valence-corrected chi connectivity index (χ2v) is 4.53. The highest BCUT2D eigenvalue weighted by Crippen LogP contribution is 2.18. The van der Waals surface area contributed by atoms with E-state index in [0.717, 1.165) is 11.3 Å². The van der Waals surface area contributed by atoms with Crippen LogP contribution in [0.25, 0.3) is 0 Å². The van der Waals surface area contributed by atoms with Crippen molar-refractivity contribution < 1.29 is 4.39 Å². The van der Waals surface area contributed by atoms with Gasteiger partial charge >= 0.3 is 0 Å². The fourth-order valence-corrected chi connectivity index (χ4v) is 2.08. The monoisotopic (exact) mass is 267 g/mol. The van der Waals surface area contributed by atoms with Gasteiger partial charge in [-0.15, -0.1) is 0 Å². The van der Waals surface area contributed by atoms with Crippen LogP contribution in [-0.2, 0) is 20.1 Å². The number of hydrogen-bond donors (Lipinski definition) is 1. The Morgan fingerprint density at radius 1 is 1.33 bits per heavy atom. The number of nitrogens with zero attached hydrogens (tertiary/aromatic N) is 2. The Hall–Kier alpha value is -1.39. The molecule has 3 nitrogen and oxygen atoms in total. The van der Waals surface area contributed by atoms with Gasteiger partial charge in [0.2, 0.25) is 0 Å². The summed E-state index contributed by atoms with van der Waals surface area (Å²) >= 11 is 6.11. The van der Waals surface area contributed by atoms with Crippen LogP contribution in [0.2, 0.25) is 5.15 Å². The van der Waals surface area contributed by atoms with Gasteiger partial charge in [-0.1, -0.05) is 29.8 Å². The lowest BCUT2D eigenvalue weighted by Gasteiger charge is -2.05. The van der Waals surface area contributed by atoms with Crippen LogP contribution in [-0.4, -0.2) is 9.78 Å². The average molecular weight is 268 g/mol. The van der Waals surface area contributed by atoms with Crippen LogP contribution >= 0.6 is 11.6 Å². The van der Waals surface area contributed by atoms with Crippen molar-refractivity contribution in [3.8, 4) is 0 Å². The van der Waals surface area contributed by atoms with E-state index in [1.807, 2.05) is 13.0 Å². The number of halogens is 2. The lowest BCUT2D eigenvalue weighted by molar-refractivity contribution is 0.587. The minimum atomic E-state index is -0.195. The van der Waals surface area contributed by atoms with E-state index in [0.29, 0.717) is 23.8 Å². The molecule has 0 saturated heterocycles. The van der Waals surface area contributed by atoms with Crippen LogP contribution in [0.1, 0.15) is 16.8 Å². The van der Waals surface area contributed by atoms with Crippen LogP contribution in [0.5, 0.6) is 0 Å². The molecular weight excluding hydrogens is 253 g/mol. The summed E-state index contributed by atoms with van der Waals surface area (Å²) < 4.78 is 15.0. The third kappa shape index (κ3) is 2.71. The van der Waals surface area contributed by atoms with E-state index in [1.54, 1.807) is 23.9 Å². The van der Waals surface area contributed by atoms with Crippen molar-refractivity contribution in [2.24, 2.45) is 7.05 Å². The summed E-state index contributed by atoms with van der Waals surface area (Å²) in [5, 5.41) is 8.02. The normalized spacial score (nSPS) is 10.9. The summed E-state index contributed by atoms with van der Waals surface area (Å²) in [6, 6.07) is 6.72. The zero-order chi connectivity index (χ0) is 13.1. The van der Waals surface area contributed by atoms with Crippen molar-refractivity contribution in [3.63, 3.8) is 0 Å². The van der Waals surface area contributed by atoms with Gasteiger partial charge in [-0.25, -0.2) is 4.39 Å². The van der Waals surface area contributed by atoms with Crippen LogP contribution in [0, 0.1) is 12.7 Å². The molecule has 0 aliphatic rings. The fraction of sp³-hybridized carbons (Fsp3) is 0.308. The summed E-state index contributed by atoms with van der Waals surface area (Å²) in [4.78, 5) is 0. The van der Waals surface area contributed by atoms with E-state index in [9.17, 15) is 4.39 Å². The molecule has 1 aromatic carbocycles. The van der Waals surface area contributed by atoms with Gasteiger partial charge in [-0.2, -0.15) is 5.10 Å². The summed E-state index contributed by atoms with van der Waals surface area (Å²) in [5.74, 6) is -0.195. The van der Waals surface area contributed by atoms with Crippen LogP contribution in [0.3, 0.4) is 0 Å². The molecule has 0 atom stereocenters. The number of rotatable bonds is 4. The Balaban J connectivity index is 1.99. The Bertz CT molecular complexity index is 551. The standard InChI is InChI=1S/C13H15ClFN3/c1-9-11(13(14)18(2)17-9)8-16-7-10-5-3-4-6-12(10)15/h3-6,16H,7-8H2,1-2H3. The highest BCUT2D eigenvalue weighted by atomic mass is 35.5. The molecule has 1 aromatic heterocycles. The van der Waals surface area contributed by atoms with E-state index in [4.69, 9.17) is 11.6 Å². The predicted molar refractivity (Wildman–Crippen MR) is 69.9 cm³/mol. The van der Waals surface area contributed by atoms with Crippen molar-refractivity contribution in [1.29, 1.82) is 0 Å². The fourth-order valence-electron chi connectivity index (χ4n) is 1.84. The molecule has 0 saturated carbocycles. The third-order valence-corrected chi connectivity index (χ3v) is 3.32. The summed E-state index contributed by atoms with van der Waals surface area (Å²) in [5.41, 5.74) is 2.49. The van der Waals surface area contributed by atoms with Crippen molar-refractivity contribution in [2.45, 2.75) is 20.0 Å². The minimum Gasteiger partial charge on any atom is -0.308 e. The first-order valence-electron chi connectivity index (χ1n) is 5.71. The second-order valence-electron chi connectivity index (χ2n) is 4.17. The highest BCUT2D eigenvalue weighted by Gasteiger charge is 2.10. The molecule has 2 aromatic rings. The molecule has 0 aliphatic heterocycles. The lowest BCUT2D eigenvalue weighted by Crippen LogP contribution is -2.14. The SMILES string of the molecule is Cc1nn(C)c(Cl)c1CNCc1ccccc1F. The van der Waals surface area contributed by atoms with Crippen LogP contribution < -0.4 is 5.32 Å². The zero-order valence-corrected chi connectivity index (χ0v) is 11.1. The lowest BCUT2D eigenvalue weighted by atomic mass is 10.2. The maximum absolute atomic E-state index is 13.4. The first-order chi connectivity index (χ1) is 8.59. The van der Waals surface area contributed by atoms with E-state index in [-0.39, 0.29) is 5.82 Å². The Labute approximate surface area is 111 Å². The molecule has 1 heterocycles. The van der Waals surface area contributed by atoms with Crippen molar-refractivity contribution in [2.75, 3.05) is 0 Å². The van der Waals surface area contributed by atoms with Gasteiger partial charge in [0.05, 0.1) is 5.69 Å². The van der Waals surface area contributed by atoms with Gasteiger partial charge < -0.3 is 5.32 Å². The van der Waals surface area contributed by atoms with E-state index in [2.05, 4.69) is 10.4 Å². The van der Waals surface area contributed by atoms with Gasteiger partial charge in [0.1, 0.15) is 11.0 Å². The molecule has 0 radical (unpaired) electrons. The molecule has 96 valence electrons. The maximum atomic E-state index is 13.4. The van der Waals surface area contributed by atoms with Crippen LogP contribution in [0.15, 0.2) is 24.3 Å². The molecule has 0 spiro atoms. The van der Waals surface area contributed by atoms with Crippen molar-refractivity contribution >= 4 is 11.6 Å². The Morgan fingerprint density at radius 3 is 2.67 bits per heavy atom. The van der Waals surface area contributed by atoms with Gasteiger partial charge in [0.15, 0.2) is 0 Å². The Morgan fingerprint density at radius 2 is 2.06 bits per heavy atom. The molecule has 0 fully saturated rings. The summed E-state index contributed by atoms with van der Waals surface area (Å²) in [7, 11) is 1.80. The van der Waals surface area contributed by atoms with E-state index >= 15 is 0 Å². The minimum absolute atomic E-state index is 0.195. The smallest absolute Gasteiger partial charge is 0.131 e. The zero-order valence-electron chi connectivity index (χ0n) is 10.4. The Kier molecular flexibility index (Phi) is 3.99. The maximum Gasteiger partial charge on any atom is 0.131 e. The van der Waals surface area contributed by atoms with Crippen molar-refractivity contribution in [1.82, 2.24) is 15.1 Å². The molecule has 18 heavy (non-hydrogen) atoms. The summed E-state index contributed by atoms with van der Waals surface area (Å²) in [6.07, 6.45) is 0. The average Bonchev–Trinajstić information content (AvgIpc) is 2.58. The predicted octanol–water partition coefficient (Wildman–Crippen LogP) is 2.81. The molecule has 0 bridgehead atoms. The van der Waals surface area contributed by atoms with Gasteiger partial charge in [0, 0.05) is 31.3 Å².